The van der Waals surface area contributed by atoms with Crippen molar-refractivity contribution in [2.24, 2.45) is 17.3 Å². The first kappa shape index (κ1) is 10.8. The third-order valence-electron chi connectivity index (χ3n) is 5.39. The number of aliphatic hydroxyl groups is 1. The maximum atomic E-state index is 9.51. The molecular weight excluding hydrogens is 200 g/mol. The van der Waals surface area contributed by atoms with Crippen molar-refractivity contribution in [1.82, 2.24) is 0 Å². The van der Waals surface area contributed by atoms with E-state index in [0.717, 1.165) is 19.3 Å². The van der Waals surface area contributed by atoms with Gasteiger partial charge < -0.3 is 9.84 Å². The van der Waals surface area contributed by atoms with Gasteiger partial charge in [0.2, 0.25) is 0 Å². The molecule has 1 saturated heterocycles. The molecule has 3 aliphatic rings. The van der Waals surface area contributed by atoms with E-state index in [9.17, 15) is 5.11 Å². The summed E-state index contributed by atoms with van der Waals surface area (Å²) in [6, 6.07) is 0. The lowest BCUT2D eigenvalue weighted by atomic mass is 9.50. The largest absolute Gasteiger partial charge is 0.396 e. The summed E-state index contributed by atoms with van der Waals surface area (Å²) in [5.41, 5.74) is 1.63. The molecule has 1 N–H and O–H groups in total. The summed E-state index contributed by atoms with van der Waals surface area (Å²) in [4.78, 5) is 0. The van der Waals surface area contributed by atoms with Crippen LogP contribution < -0.4 is 0 Å². The van der Waals surface area contributed by atoms with Crippen LogP contribution >= 0.6 is 0 Å². The molecule has 0 aromatic heterocycles. The van der Waals surface area contributed by atoms with Gasteiger partial charge in [0.15, 0.2) is 0 Å². The minimum Gasteiger partial charge on any atom is -0.396 e. The second kappa shape index (κ2) is 3.11. The van der Waals surface area contributed by atoms with E-state index in [1.807, 2.05) is 0 Å². The lowest BCUT2D eigenvalue weighted by molar-refractivity contribution is -0.0612. The highest BCUT2D eigenvalue weighted by atomic mass is 16.6. The Bertz CT molecular complexity index is 338. The molecule has 1 aliphatic heterocycles. The molecule has 0 spiro atoms. The number of aliphatic hydroxyl groups excluding tert-OH is 1. The van der Waals surface area contributed by atoms with E-state index in [4.69, 9.17) is 4.74 Å². The van der Waals surface area contributed by atoms with E-state index in [1.54, 1.807) is 0 Å². The summed E-state index contributed by atoms with van der Waals surface area (Å²) in [5, 5.41) is 9.51. The van der Waals surface area contributed by atoms with Gasteiger partial charge in [-0.05, 0) is 49.9 Å². The lowest BCUT2D eigenvalue weighted by Crippen LogP contribution is -2.50. The molecule has 90 valence electrons. The van der Waals surface area contributed by atoms with Crippen molar-refractivity contribution in [3.8, 4) is 0 Å². The first-order valence-corrected chi connectivity index (χ1v) is 6.45. The molecule has 16 heavy (non-hydrogen) atoms. The van der Waals surface area contributed by atoms with Crippen LogP contribution in [0.15, 0.2) is 12.2 Å². The van der Waals surface area contributed by atoms with Gasteiger partial charge in [0.25, 0.3) is 0 Å². The van der Waals surface area contributed by atoms with E-state index < -0.39 is 0 Å². The maximum absolute atomic E-state index is 9.51. The summed E-state index contributed by atoms with van der Waals surface area (Å²) < 4.78 is 5.80. The van der Waals surface area contributed by atoms with Crippen LogP contribution in [0.25, 0.3) is 0 Å². The second-order valence-corrected chi connectivity index (χ2v) is 6.55. The zero-order valence-electron chi connectivity index (χ0n) is 10.3. The van der Waals surface area contributed by atoms with Crippen LogP contribution in [0, 0.1) is 17.3 Å². The molecule has 5 atom stereocenters. The number of ether oxygens (including phenoxy) is 1. The van der Waals surface area contributed by atoms with Crippen LogP contribution in [0.1, 0.15) is 39.5 Å². The highest BCUT2D eigenvalue weighted by Gasteiger charge is 2.58. The number of fused-ring (bicyclic) bond motifs is 2. The minimum absolute atomic E-state index is 0.125. The maximum Gasteiger partial charge on any atom is 0.0923 e. The van der Waals surface area contributed by atoms with Gasteiger partial charge in [0, 0.05) is 6.61 Å². The normalized spacial score (nSPS) is 55.4. The number of hydrogen-bond acceptors (Lipinski definition) is 2. The summed E-state index contributed by atoms with van der Waals surface area (Å²) in [6.45, 7) is 9.01. The molecule has 2 heteroatoms. The summed E-state index contributed by atoms with van der Waals surface area (Å²) >= 11 is 0. The zero-order chi connectivity index (χ0) is 11.6. The Morgan fingerprint density at radius 3 is 2.94 bits per heavy atom. The van der Waals surface area contributed by atoms with E-state index in [0.29, 0.717) is 24.5 Å². The smallest absolute Gasteiger partial charge is 0.0923 e. The number of rotatable bonds is 1. The standard InChI is InChI=1S/C14H22O2/c1-9-6-12-14(3,16-12)5-4-11-10(9)7-13(11,2)8-15/h10-12,15H,1,4-8H2,2-3H3/t10-,11-,12-,13-,14-/m1/s1. The van der Waals surface area contributed by atoms with E-state index in [2.05, 4.69) is 20.4 Å². The molecule has 0 aromatic rings. The van der Waals surface area contributed by atoms with Gasteiger partial charge in [0.1, 0.15) is 0 Å². The first-order valence-electron chi connectivity index (χ1n) is 6.45. The van der Waals surface area contributed by atoms with Gasteiger partial charge in [-0.2, -0.15) is 0 Å². The van der Waals surface area contributed by atoms with Gasteiger partial charge in [-0.3, -0.25) is 0 Å². The van der Waals surface area contributed by atoms with Crippen molar-refractivity contribution in [1.29, 1.82) is 0 Å². The van der Waals surface area contributed by atoms with Crippen molar-refractivity contribution in [3.05, 3.63) is 12.2 Å². The zero-order valence-corrected chi connectivity index (χ0v) is 10.3. The highest BCUT2D eigenvalue weighted by molar-refractivity contribution is 5.20. The molecular formula is C14H22O2. The Balaban J connectivity index is 1.79. The summed E-state index contributed by atoms with van der Waals surface area (Å²) in [6.07, 6.45) is 4.94. The van der Waals surface area contributed by atoms with Gasteiger partial charge in [0.05, 0.1) is 11.7 Å². The minimum atomic E-state index is 0.125. The van der Waals surface area contributed by atoms with E-state index in [1.165, 1.54) is 12.0 Å². The van der Waals surface area contributed by atoms with E-state index in [-0.39, 0.29) is 11.0 Å². The molecule has 0 amide bonds. The summed E-state index contributed by atoms with van der Waals surface area (Å²) in [5.74, 6) is 1.28. The Morgan fingerprint density at radius 2 is 2.25 bits per heavy atom. The lowest BCUT2D eigenvalue weighted by Gasteiger charge is -2.54. The second-order valence-electron chi connectivity index (χ2n) is 6.55. The predicted molar refractivity (Wildman–Crippen MR) is 63.1 cm³/mol. The summed E-state index contributed by atoms with van der Waals surface area (Å²) in [7, 11) is 0. The van der Waals surface area contributed by atoms with Gasteiger partial charge in [-0.15, -0.1) is 0 Å². The topological polar surface area (TPSA) is 32.8 Å². The van der Waals surface area contributed by atoms with Crippen LogP contribution in [0.4, 0.5) is 0 Å². The molecule has 2 saturated carbocycles. The van der Waals surface area contributed by atoms with Crippen LogP contribution in [-0.2, 0) is 4.74 Å². The average Bonchev–Trinajstić information content (AvgIpc) is 2.83. The quantitative estimate of drug-likeness (QED) is 0.546. The van der Waals surface area contributed by atoms with Crippen molar-refractivity contribution < 1.29 is 9.84 Å². The van der Waals surface area contributed by atoms with Crippen LogP contribution in [0.2, 0.25) is 0 Å². The molecule has 0 aromatic carbocycles. The monoisotopic (exact) mass is 222 g/mol. The molecule has 0 unspecified atom stereocenters. The fourth-order valence-electron chi connectivity index (χ4n) is 3.88. The molecule has 3 fully saturated rings. The van der Waals surface area contributed by atoms with Crippen molar-refractivity contribution >= 4 is 0 Å². The molecule has 0 radical (unpaired) electrons. The van der Waals surface area contributed by atoms with Crippen molar-refractivity contribution in [2.45, 2.75) is 51.2 Å². The van der Waals surface area contributed by atoms with Gasteiger partial charge in [-0.1, -0.05) is 19.1 Å². The van der Waals surface area contributed by atoms with Gasteiger partial charge in [-0.25, -0.2) is 0 Å². The van der Waals surface area contributed by atoms with Crippen molar-refractivity contribution in [2.75, 3.05) is 6.61 Å². The first-order chi connectivity index (χ1) is 7.48. The van der Waals surface area contributed by atoms with Crippen LogP contribution in [-0.4, -0.2) is 23.4 Å². The fraction of sp³-hybridized carbons (Fsp3) is 0.857. The van der Waals surface area contributed by atoms with Crippen molar-refractivity contribution in [3.63, 3.8) is 0 Å². The number of epoxide rings is 1. The highest BCUT2D eigenvalue weighted by Crippen LogP contribution is 2.60. The van der Waals surface area contributed by atoms with Crippen LogP contribution in [0.3, 0.4) is 0 Å². The van der Waals surface area contributed by atoms with Crippen LogP contribution in [0.5, 0.6) is 0 Å². The molecule has 1 heterocycles. The van der Waals surface area contributed by atoms with Gasteiger partial charge >= 0.3 is 0 Å². The third kappa shape index (κ3) is 1.32. The number of hydrogen-bond donors (Lipinski definition) is 1. The fourth-order valence-corrected chi connectivity index (χ4v) is 3.88. The SMILES string of the molecule is C=C1C[C@H]2O[C@]2(C)CC[C@@H]2[C@@H]1C[C@]2(C)CO. The Labute approximate surface area is 97.7 Å². The molecule has 2 aliphatic carbocycles. The molecule has 3 rings (SSSR count). The Kier molecular flexibility index (Phi) is 2.10. The molecule has 0 bridgehead atoms. The van der Waals surface area contributed by atoms with E-state index >= 15 is 0 Å². The molecule has 2 nitrogen and oxygen atoms in total. The third-order valence-corrected chi connectivity index (χ3v) is 5.39. The Hall–Kier alpha value is -0.340. The average molecular weight is 222 g/mol. The predicted octanol–water partition coefficient (Wildman–Crippen LogP) is 2.52. The Morgan fingerprint density at radius 1 is 1.50 bits per heavy atom.